The third-order valence-corrected chi connectivity index (χ3v) is 5.62. The van der Waals surface area contributed by atoms with Crippen molar-refractivity contribution in [3.8, 4) is 11.5 Å². The Morgan fingerprint density at radius 1 is 0.867 bits per heavy atom. The summed E-state index contributed by atoms with van der Waals surface area (Å²) in [6, 6.07) is 10.3. The van der Waals surface area contributed by atoms with Crippen LogP contribution in [-0.4, -0.2) is 27.7 Å². The standard InChI is InChI=1S/C24H28BrN3O2/c1-4-7-10-28-20-9-8-16(25)13-17(20)23-24(28)27-19-15-22(30-12-6-3)21(29-11-5-2)14-18(19)26-23/h8-9,13-15H,4-7,10-12H2,1-3H3. The van der Waals surface area contributed by atoms with Gasteiger partial charge in [-0.3, -0.25) is 0 Å². The van der Waals surface area contributed by atoms with Crippen LogP contribution in [0.15, 0.2) is 34.8 Å². The van der Waals surface area contributed by atoms with Gasteiger partial charge in [0.05, 0.1) is 29.8 Å². The van der Waals surface area contributed by atoms with Gasteiger partial charge in [-0.2, -0.15) is 0 Å². The van der Waals surface area contributed by atoms with E-state index in [2.05, 4.69) is 59.5 Å². The number of fused-ring (bicyclic) bond motifs is 4. The molecule has 2 aromatic carbocycles. The van der Waals surface area contributed by atoms with E-state index in [9.17, 15) is 0 Å². The van der Waals surface area contributed by atoms with Crippen molar-refractivity contribution in [1.82, 2.24) is 14.5 Å². The third-order valence-electron chi connectivity index (χ3n) is 5.13. The van der Waals surface area contributed by atoms with E-state index in [1.807, 2.05) is 12.1 Å². The second-order valence-corrected chi connectivity index (χ2v) is 8.46. The highest BCUT2D eigenvalue weighted by atomic mass is 79.9. The van der Waals surface area contributed by atoms with Gasteiger partial charge in [0, 0.05) is 28.5 Å². The lowest BCUT2D eigenvalue weighted by molar-refractivity contribution is 0.269. The molecule has 2 aromatic heterocycles. The molecule has 0 atom stereocenters. The predicted molar refractivity (Wildman–Crippen MR) is 127 cm³/mol. The number of benzene rings is 2. The summed E-state index contributed by atoms with van der Waals surface area (Å²) in [6.07, 6.45) is 4.11. The number of nitrogens with zero attached hydrogens (tertiary/aromatic N) is 3. The first kappa shape index (κ1) is 20.9. The molecule has 5 nitrogen and oxygen atoms in total. The van der Waals surface area contributed by atoms with Crippen LogP contribution in [0, 0.1) is 0 Å². The zero-order valence-corrected chi connectivity index (χ0v) is 19.5. The highest BCUT2D eigenvalue weighted by molar-refractivity contribution is 9.10. The Morgan fingerprint density at radius 3 is 2.17 bits per heavy atom. The summed E-state index contributed by atoms with van der Waals surface area (Å²) in [6.45, 7) is 8.62. The molecule has 0 fully saturated rings. The second-order valence-electron chi connectivity index (χ2n) is 7.55. The minimum absolute atomic E-state index is 0.646. The Hall–Kier alpha value is -2.34. The van der Waals surface area contributed by atoms with Crippen LogP contribution >= 0.6 is 15.9 Å². The number of rotatable bonds is 9. The fourth-order valence-corrected chi connectivity index (χ4v) is 4.02. The van der Waals surface area contributed by atoms with Crippen LogP contribution in [0.5, 0.6) is 11.5 Å². The van der Waals surface area contributed by atoms with E-state index < -0.39 is 0 Å². The summed E-state index contributed by atoms with van der Waals surface area (Å²) in [5.41, 5.74) is 4.68. The SMILES string of the molecule is CCCCn1c2ccc(Br)cc2c2nc3cc(OCCC)c(OCCC)cc3nc21. The average molecular weight is 470 g/mol. The van der Waals surface area contributed by atoms with E-state index in [1.165, 1.54) is 5.52 Å². The van der Waals surface area contributed by atoms with Crippen molar-refractivity contribution < 1.29 is 9.47 Å². The molecule has 0 saturated heterocycles. The predicted octanol–water partition coefficient (Wildman–Crippen LogP) is 6.88. The summed E-state index contributed by atoms with van der Waals surface area (Å²) in [5, 5.41) is 1.12. The first-order chi connectivity index (χ1) is 14.7. The molecule has 0 aliphatic heterocycles. The molecule has 0 unspecified atom stereocenters. The fourth-order valence-electron chi connectivity index (χ4n) is 3.66. The number of ether oxygens (including phenoxy) is 2. The third kappa shape index (κ3) is 3.97. The smallest absolute Gasteiger partial charge is 0.163 e. The summed E-state index contributed by atoms with van der Waals surface area (Å²) in [4.78, 5) is 10.1. The molecule has 0 N–H and O–H groups in total. The summed E-state index contributed by atoms with van der Waals surface area (Å²) < 4.78 is 15.3. The molecule has 6 heteroatoms. The molecule has 0 saturated carbocycles. The largest absolute Gasteiger partial charge is 0.490 e. The van der Waals surface area contributed by atoms with E-state index in [0.717, 1.165) is 75.8 Å². The van der Waals surface area contributed by atoms with E-state index >= 15 is 0 Å². The van der Waals surface area contributed by atoms with Gasteiger partial charge in [0.2, 0.25) is 0 Å². The molecule has 0 aliphatic carbocycles. The quantitative estimate of drug-likeness (QED) is 0.268. The minimum atomic E-state index is 0.646. The van der Waals surface area contributed by atoms with Crippen LogP contribution in [0.1, 0.15) is 46.5 Å². The average Bonchev–Trinajstić information content (AvgIpc) is 3.04. The Kier molecular flexibility index (Phi) is 6.42. The van der Waals surface area contributed by atoms with Crippen LogP contribution in [-0.2, 0) is 6.54 Å². The van der Waals surface area contributed by atoms with Gasteiger partial charge < -0.3 is 14.0 Å². The maximum absolute atomic E-state index is 5.97. The monoisotopic (exact) mass is 469 g/mol. The minimum Gasteiger partial charge on any atom is -0.490 e. The Morgan fingerprint density at radius 2 is 1.53 bits per heavy atom. The van der Waals surface area contributed by atoms with Crippen molar-refractivity contribution in [1.29, 1.82) is 0 Å². The molecule has 0 aliphatic rings. The number of aryl methyl sites for hydroxylation is 1. The number of unbranched alkanes of at least 4 members (excludes halogenated alkanes) is 1. The first-order valence-electron chi connectivity index (χ1n) is 10.8. The molecular weight excluding hydrogens is 442 g/mol. The van der Waals surface area contributed by atoms with Gasteiger partial charge in [-0.05, 0) is 37.5 Å². The van der Waals surface area contributed by atoms with Crippen molar-refractivity contribution in [2.45, 2.75) is 53.0 Å². The van der Waals surface area contributed by atoms with Gasteiger partial charge in [-0.15, -0.1) is 0 Å². The Bertz CT molecular complexity index is 1190. The van der Waals surface area contributed by atoms with Gasteiger partial charge in [-0.25, -0.2) is 9.97 Å². The van der Waals surface area contributed by atoms with Crippen molar-refractivity contribution in [3.05, 3.63) is 34.8 Å². The van der Waals surface area contributed by atoms with E-state index in [4.69, 9.17) is 19.4 Å². The zero-order chi connectivity index (χ0) is 21.1. The topological polar surface area (TPSA) is 49.2 Å². The fraction of sp³-hybridized carbons (Fsp3) is 0.417. The highest BCUT2D eigenvalue weighted by Gasteiger charge is 2.17. The molecule has 158 valence electrons. The molecule has 0 amide bonds. The van der Waals surface area contributed by atoms with E-state index in [1.54, 1.807) is 0 Å². The lowest BCUT2D eigenvalue weighted by Crippen LogP contribution is -2.03. The first-order valence-corrected chi connectivity index (χ1v) is 11.6. The molecule has 0 bridgehead atoms. The normalized spacial score (nSPS) is 11.6. The van der Waals surface area contributed by atoms with Gasteiger partial charge in [-0.1, -0.05) is 43.1 Å². The number of aromatic nitrogens is 3. The lowest BCUT2D eigenvalue weighted by atomic mass is 10.2. The van der Waals surface area contributed by atoms with Crippen LogP contribution in [0.25, 0.3) is 33.1 Å². The Balaban J connectivity index is 1.95. The summed E-state index contributed by atoms with van der Waals surface area (Å²) in [5.74, 6) is 1.48. The van der Waals surface area contributed by atoms with Gasteiger partial charge in [0.25, 0.3) is 0 Å². The van der Waals surface area contributed by atoms with Crippen LogP contribution in [0.4, 0.5) is 0 Å². The van der Waals surface area contributed by atoms with Gasteiger partial charge in [0.1, 0.15) is 5.52 Å². The molecule has 0 spiro atoms. The maximum Gasteiger partial charge on any atom is 0.163 e. The van der Waals surface area contributed by atoms with E-state index in [0.29, 0.717) is 13.2 Å². The molecular formula is C24H28BrN3O2. The molecule has 4 rings (SSSR count). The van der Waals surface area contributed by atoms with Crippen molar-refractivity contribution in [3.63, 3.8) is 0 Å². The van der Waals surface area contributed by atoms with E-state index in [-0.39, 0.29) is 0 Å². The van der Waals surface area contributed by atoms with Crippen LogP contribution < -0.4 is 9.47 Å². The van der Waals surface area contributed by atoms with Crippen LogP contribution in [0.2, 0.25) is 0 Å². The van der Waals surface area contributed by atoms with Gasteiger partial charge >= 0.3 is 0 Å². The molecule has 4 aromatic rings. The summed E-state index contributed by atoms with van der Waals surface area (Å²) in [7, 11) is 0. The van der Waals surface area contributed by atoms with Crippen molar-refractivity contribution in [2.24, 2.45) is 0 Å². The van der Waals surface area contributed by atoms with Crippen molar-refractivity contribution in [2.75, 3.05) is 13.2 Å². The molecule has 0 radical (unpaired) electrons. The summed E-state index contributed by atoms with van der Waals surface area (Å²) >= 11 is 3.61. The zero-order valence-electron chi connectivity index (χ0n) is 17.9. The number of hydrogen-bond donors (Lipinski definition) is 0. The highest BCUT2D eigenvalue weighted by Crippen LogP contribution is 2.35. The van der Waals surface area contributed by atoms with Crippen molar-refractivity contribution >= 4 is 49.0 Å². The number of hydrogen-bond acceptors (Lipinski definition) is 4. The van der Waals surface area contributed by atoms with Gasteiger partial charge in [0.15, 0.2) is 17.1 Å². The number of halogens is 1. The lowest BCUT2D eigenvalue weighted by Gasteiger charge is -2.13. The van der Waals surface area contributed by atoms with Crippen LogP contribution in [0.3, 0.4) is 0 Å². The second kappa shape index (κ2) is 9.21. The maximum atomic E-state index is 5.97. The molecule has 2 heterocycles. The Labute approximate surface area is 185 Å². The molecule has 30 heavy (non-hydrogen) atoms.